The van der Waals surface area contributed by atoms with Gasteiger partial charge in [0.1, 0.15) is 11.4 Å². The minimum absolute atomic E-state index is 0.0453. The van der Waals surface area contributed by atoms with Gasteiger partial charge in [-0.2, -0.15) is 18.3 Å². The molecule has 1 aliphatic rings. The lowest BCUT2D eigenvalue weighted by molar-refractivity contribution is -0.140. The van der Waals surface area contributed by atoms with Crippen LogP contribution in [0.25, 0.3) is 16.7 Å². The second kappa shape index (κ2) is 10.8. The SMILES string of the molecule is CN(c1cc(C(F)(F)F)nc2ccc(Cl)cc12)C1CCC(NC(=O)c2cc(Cl)nn2-c2ncccc2Cl)CC1. The largest absolute Gasteiger partial charge is 0.433 e. The molecule has 0 unspecified atom stereocenters. The van der Waals surface area contributed by atoms with E-state index in [1.807, 2.05) is 4.90 Å². The van der Waals surface area contributed by atoms with Crippen molar-refractivity contribution in [1.29, 1.82) is 0 Å². The van der Waals surface area contributed by atoms with Gasteiger partial charge >= 0.3 is 6.18 Å². The number of pyridine rings is 2. The molecular formula is C26H22Cl3F3N6O. The molecule has 13 heteroatoms. The number of alkyl halides is 3. The van der Waals surface area contributed by atoms with Crippen LogP contribution in [-0.2, 0) is 6.18 Å². The number of halogens is 6. The number of hydrogen-bond donors (Lipinski definition) is 1. The smallest absolute Gasteiger partial charge is 0.371 e. The van der Waals surface area contributed by atoms with E-state index in [1.54, 1.807) is 25.2 Å². The summed E-state index contributed by atoms with van der Waals surface area (Å²) in [5.74, 6) is -0.0954. The molecule has 204 valence electrons. The van der Waals surface area contributed by atoms with Crippen molar-refractivity contribution in [2.24, 2.45) is 0 Å². The maximum atomic E-state index is 13.6. The Bertz CT molecular complexity index is 1540. The number of hydrogen-bond acceptors (Lipinski definition) is 5. The first-order valence-electron chi connectivity index (χ1n) is 12.1. The fourth-order valence-corrected chi connectivity index (χ4v) is 5.44. The van der Waals surface area contributed by atoms with Gasteiger partial charge in [-0.25, -0.2) is 14.6 Å². The Morgan fingerprint density at radius 1 is 1.08 bits per heavy atom. The summed E-state index contributed by atoms with van der Waals surface area (Å²) in [6.45, 7) is 0. The van der Waals surface area contributed by atoms with Crippen molar-refractivity contribution < 1.29 is 18.0 Å². The Labute approximate surface area is 236 Å². The highest BCUT2D eigenvalue weighted by Gasteiger charge is 2.35. The highest BCUT2D eigenvalue weighted by Crippen LogP contribution is 2.37. The monoisotopic (exact) mass is 596 g/mol. The Hall–Kier alpha value is -3.08. The lowest BCUT2D eigenvalue weighted by Gasteiger charge is -2.37. The normalized spacial score (nSPS) is 17.8. The second-order valence-electron chi connectivity index (χ2n) is 9.35. The number of anilines is 1. The van der Waals surface area contributed by atoms with E-state index in [2.05, 4.69) is 20.4 Å². The van der Waals surface area contributed by atoms with E-state index in [1.165, 1.54) is 29.1 Å². The molecule has 0 aliphatic heterocycles. The molecule has 5 rings (SSSR count). The molecule has 1 aliphatic carbocycles. The maximum absolute atomic E-state index is 13.6. The molecule has 0 atom stereocenters. The molecule has 0 saturated heterocycles. The number of nitrogens with one attached hydrogen (secondary N) is 1. The average molecular weight is 598 g/mol. The van der Waals surface area contributed by atoms with Gasteiger partial charge in [-0.1, -0.05) is 34.8 Å². The van der Waals surface area contributed by atoms with E-state index in [-0.39, 0.29) is 40.2 Å². The summed E-state index contributed by atoms with van der Waals surface area (Å²) < 4.78 is 42.0. The molecule has 0 bridgehead atoms. The van der Waals surface area contributed by atoms with E-state index in [9.17, 15) is 18.0 Å². The van der Waals surface area contributed by atoms with Crippen LogP contribution in [-0.4, -0.2) is 44.8 Å². The molecule has 0 radical (unpaired) electrons. The summed E-state index contributed by atoms with van der Waals surface area (Å²) in [7, 11) is 1.77. The van der Waals surface area contributed by atoms with E-state index < -0.39 is 11.9 Å². The Morgan fingerprint density at radius 3 is 2.51 bits per heavy atom. The lowest BCUT2D eigenvalue weighted by atomic mass is 9.89. The van der Waals surface area contributed by atoms with E-state index in [4.69, 9.17) is 34.8 Å². The summed E-state index contributed by atoms with van der Waals surface area (Å²) in [6.07, 6.45) is -0.488. The fourth-order valence-electron chi connectivity index (χ4n) is 4.89. The summed E-state index contributed by atoms with van der Waals surface area (Å²) in [6, 6.07) is 10.3. The van der Waals surface area contributed by atoms with Gasteiger partial charge in [-0.15, -0.1) is 0 Å². The quantitative estimate of drug-likeness (QED) is 0.269. The third-order valence-electron chi connectivity index (χ3n) is 6.85. The minimum Gasteiger partial charge on any atom is -0.371 e. The van der Waals surface area contributed by atoms with Crippen molar-refractivity contribution in [2.45, 2.75) is 43.9 Å². The number of fused-ring (bicyclic) bond motifs is 1. The predicted octanol–water partition coefficient (Wildman–Crippen LogP) is 6.97. The molecule has 4 aromatic rings. The average Bonchev–Trinajstić information content (AvgIpc) is 3.29. The van der Waals surface area contributed by atoms with Crippen LogP contribution in [0, 0.1) is 0 Å². The zero-order valence-electron chi connectivity index (χ0n) is 20.5. The van der Waals surface area contributed by atoms with E-state index in [0.29, 0.717) is 46.8 Å². The summed E-state index contributed by atoms with van der Waals surface area (Å²) >= 11 is 18.5. The number of benzene rings is 1. The van der Waals surface area contributed by atoms with Gasteiger partial charge in [0, 0.05) is 47.5 Å². The summed E-state index contributed by atoms with van der Waals surface area (Å²) in [5.41, 5.74) is -0.128. The number of rotatable bonds is 5. The van der Waals surface area contributed by atoms with Gasteiger partial charge in [-0.3, -0.25) is 4.79 Å². The number of amides is 1. The molecule has 3 heterocycles. The van der Waals surface area contributed by atoms with Gasteiger partial charge in [-0.05, 0) is 62.1 Å². The molecule has 0 spiro atoms. The number of carbonyl (C=O) groups excluding carboxylic acids is 1. The van der Waals surface area contributed by atoms with Crippen molar-refractivity contribution in [3.63, 3.8) is 0 Å². The van der Waals surface area contributed by atoms with E-state index >= 15 is 0 Å². The molecular weight excluding hydrogens is 576 g/mol. The third-order valence-corrected chi connectivity index (χ3v) is 7.57. The first-order chi connectivity index (χ1) is 18.5. The van der Waals surface area contributed by atoms with Crippen molar-refractivity contribution in [2.75, 3.05) is 11.9 Å². The summed E-state index contributed by atoms with van der Waals surface area (Å²) in [5, 5.41) is 8.57. The second-order valence-corrected chi connectivity index (χ2v) is 10.6. The van der Waals surface area contributed by atoms with Crippen LogP contribution < -0.4 is 10.2 Å². The molecule has 1 fully saturated rings. The fraction of sp³-hybridized carbons (Fsp3) is 0.308. The van der Waals surface area contributed by atoms with E-state index in [0.717, 1.165) is 6.07 Å². The molecule has 1 aromatic carbocycles. The highest BCUT2D eigenvalue weighted by molar-refractivity contribution is 6.32. The van der Waals surface area contributed by atoms with Crippen molar-refractivity contribution in [1.82, 2.24) is 25.1 Å². The predicted molar refractivity (Wildman–Crippen MR) is 145 cm³/mol. The Morgan fingerprint density at radius 2 is 1.82 bits per heavy atom. The zero-order valence-corrected chi connectivity index (χ0v) is 22.8. The molecule has 1 N–H and O–H groups in total. The van der Waals surface area contributed by atoms with Crippen LogP contribution in [0.3, 0.4) is 0 Å². The van der Waals surface area contributed by atoms with Gasteiger partial charge in [0.2, 0.25) is 0 Å². The van der Waals surface area contributed by atoms with Gasteiger partial charge in [0.05, 0.1) is 10.5 Å². The zero-order chi connectivity index (χ0) is 27.9. The number of carbonyl (C=O) groups is 1. The van der Waals surface area contributed by atoms with Crippen LogP contribution >= 0.6 is 34.8 Å². The summed E-state index contributed by atoms with van der Waals surface area (Å²) in [4.78, 5) is 23.0. The third kappa shape index (κ3) is 5.78. The molecule has 7 nitrogen and oxygen atoms in total. The number of aromatic nitrogens is 4. The van der Waals surface area contributed by atoms with Crippen molar-refractivity contribution in [3.05, 3.63) is 75.2 Å². The van der Waals surface area contributed by atoms with Crippen molar-refractivity contribution in [3.8, 4) is 5.82 Å². The van der Waals surface area contributed by atoms with Crippen LogP contribution in [0.5, 0.6) is 0 Å². The minimum atomic E-state index is -4.58. The van der Waals surface area contributed by atoms with Crippen LogP contribution in [0.2, 0.25) is 15.2 Å². The highest BCUT2D eigenvalue weighted by atomic mass is 35.5. The maximum Gasteiger partial charge on any atom is 0.433 e. The first kappa shape index (κ1) is 27.5. The van der Waals surface area contributed by atoms with Crippen LogP contribution in [0.1, 0.15) is 41.9 Å². The van der Waals surface area contributed by atoms with Gasteiger partial charge in [0.25, 0.3) is 5.91 Å². The number of nitrogens with zero attached hydrogens (tertiary/aromatic N) is 5. The molecule has 39 heavy (non-hydrogen) atoms. The van der Waals surface area contributed by atoms with Gasteiger partial charge in [0.15, 0.2) is 11.0 Å². The van der Waals surface area contributed by atoms with Crippen molar-refractivity contribution >= 4 is 57.3 Å². The Kier molecular flexibility index (Phi) is 7.63. The van der Waals surface area contributed by atoms with Crippen LogP contribution in [0.4, 0.5) is 18.9 Å². The topological polar surface area (TPSA) is 75.9 Å². The molecule has 1 saturated carbocycles. The van der Waals surface area contributed by atoms with Crippen LogP contribution in [0.15, 0.2) is 48.7 Å². The van der Waals surface area contributed by atoms with Gasteiger partial charge < -0.3 is 10.2 Å². The Balaban J connectivity index is 1.31. The molecule has 3 aromatic heterocycles. The first-order valence-corrected chi connectivity index (χ1v) is 13.2. The standard InChI is InChI=1S/C26H22Cl3F3N6O/c1-37(20-12-22(26(30,31)32)35-19-9-4-14(27)11-17(19)20)16-7-5-15(6-8-16)34-25(39)21-13-23(29)36-38(21)24-18(28)3-2-10-33-24/h2-4,9-13,15-16H,5-8H2,1H3,(H,34,39). The lowest BCUT2D eigenvalue weighted by Crippen LogP contribution is -2.43. The molecule has 1 amide bonds.